The molecule has 0 radical (unpaired) electrons. The molecule has 2 aromatic heterocycles. The maximum atomic E-state index is 14.1. The summed E-state index contributed by atoms with van der Waals surface area (Å²) in [5.41, 5.74) is 6.06. The molecule has 0 fully saturated rings. The van der Waals surface area contributed by atoms with E-state index in [1.807, 2.05) is 0 Å². The standard InChI is InChI=1S/C20H16F4N6O4S/c1-33-12-6-7-13(21)14(8-12)35(31,32)30-11-4-2-10(3-5-11)17-26-18-15(16(25)28-29-18)19(27-17)34-9-20(22,23)24/h2-8,30H,9H2,1H3,(H3,25,26,27,28,29). The average Bonchev–Trinajstić information content (AvgIpc) is 3.18. The Bertz CT molecular complexity index is 1490. The third-order valence-electron chi connectivity index (χ3n) is 4.60. The molecule has 4 aromatic rings. The van der Waals surface area contributed by atoms with Crippen LogP contribution in [0.3, 0.4) is 0 Å². The van der Waals surface area contributed by atoms with Gasteiger partial charge in [0.15, 0.2) is 18.1 Å². The fraction of sp³-hybridized carbons (Fsp3) is 0.150. The van der Waals surface area contributed by atoms with Gasteiger partial charge in [-0.05, 0) is 36.4 Å². The van der Waals surface area contributed by atoms with Crippen molar-refractivity contribution >= 4 is 32.6 Å². The minimum Gasteiger partial charge on any atom is -0.497 e. The molecule has 4 rings (SSSR count). The van der Waals surface area contributed by atoms with Gasteiger partial charge in [0, 0.05) is 17.3 Å². The predicted molar refractivity (Wildman–Crippen MR) is 117 cm³/mol. The summed E-state index contributed by atoms with van der Waals surface area (Å²) in [6.45, 7) is -1.61. The highest BCUT2D eigenvalue weighted by Gasteiger charge is 2.30. The molecule has 0 aliphatic carbocycles. The van der Waals surface area contributed by atoms with Crippen molar-refractivity contribution in [2.75, 3.05) is 24.2 Å². The molecular formula is C20H16F4N6O4S. The Labute approximate surface area is 195 Å². The summed E-state index contributed by atoms with van der Waals surface area (Å²) in [5.74, 6) is -1.36. The zero-order chi connectivity index (χ0) is 25.4. The lowest BCUT2D eigenvalue weighted by atomic mass is 10.2. The van der Waals surface area contributed by atoms with Crippen molar-refractivity contribution in [3.63, 3.8) is 0 Å². The zero-order valence-electron chi connectivity index (χ0n) is 17.7. The maximum absolute atomic E-state index is 14.1. The summed E-state index contributed by atoms with van der Waals surface area (Å²) in [6.07, 6.45) is -4.61. The topological polar surface area (TPSA) is 145 Å². The van der Waals surface area contributed by atoms with Crippen LogP contribution in [0.1, 0.15) is 0 Å². The van der Waals surface area contributed by atoms with Crippen LogP contribution in [0.2, 0.25) is 0 Å². The van der Waals surface area contributed by atoms with Gasteiger partial charge in [-0.2, -0.15) is 23.3 Å². The van der Waals surface area contributed by atoms with E-state index in [1.54, 1.807) is 0 Å². The van der Waals surface area contributed by atoms with Crippen LogP contribution in [0.15, 0.2) is 47.4 Å². The van der Waals surface area contributed by atoms with Gasteiger partial charge >= 0.3 is 6.18 Å². The van der Waals surface area contributed by atoms with Gasteiger partial charge in [-0.15, -0.1) is 0 Å². The fourth-order valence-electron chi connectivity index (χ4n) is 3.01. The molecule has 184 valence electrons. The molecular weight excluding hydrogens is 496 g/mol. The van der Waals surface area contributed by atoms with Gasteiger partial charge in [0.25, 0.3) is 10.0 Å². The van der Waals surface area contributed by atoms with Gasteiger partial charge in [-0.25, -0.2) is 17.8 Å². The summed E-state index contributed by atoms with van der Waals surface area (Å²) < 4.78 is 89.3. The van der Waals surface area contributed by atoms with Crippen molar-refractivity contribution in [3.8, 4) is 23.0 Å². The van der Waals surface area contributed by atoms with Gasteiger partial charge in [-0.1, -0.05) is 0 Å². The predicted octanol–water partition coefficient (Wildman–Crippen LogP) is 3.49. The van der Waals surface area contributed by atoms with Crippen molar-refractivity contribution in [3.05, 3.63) is 48.3 Å². The largest absolute Gasteiger partial charge is 0.497 e. The molecule has 0 atom stereocenters. The number of hydrogen-bond donors (Lipinski definition) is 3. The van der Waals surface area contributed by atoms with Crippen LogP contribution >= 0.6 is 0 Å². The Balaban J connectivity index is 1.63. The lowest BCUT2D eigenvalue weighted by Gasteiger charge is -2.12. The number of H-pyrrole nitrogens is 1. The summed E-state index contributed by atoms with van der Waals surface area (Å²) >= 11 is 0. The van der Waals surface area contributed by atoms with Crippen molar-refractivity contribution in [2.45, 2.75) is 11.1 Å². The highest BCUT2D eigenvalue weighted by molar-refractivity contribution is 7.92. The minimum atomic E-state index is -4.61. The Kier molecular flexibility index (Phi) is 6.10. The lowest BCUT2D eigenvalue weighted by molar-refractivity contribution is -0.153. The zero-order valence-corrected chi connectivity index (χ0v) is 18.5. The van der Waals surface area contributed by atoms with Crippen LogP contribution in [-0.2, 0) is 10.0 Å². The van der Waals surface area contributed by atoms with Gasteiger partial charge in [-0.3, -0.25) is 9.82 Å². The van der Waals surface area contributed by atoms with E-state index in [1.165, 1.54) is 37.4 Å². The number of nitrogen functional groups attached to an aromatic ring is 1. The van der Waals surface area contributed by atoms with E-state index in [9.17, 15) is 26.0 Å². The SMILES string of the molecule is COc1ccc(F)c(S(=O)(=O)Nc2ccc(-c3nc(OCC(F)(F)F)c4c(N)[nH]nc4n3)cc2)c1. The van der Waals surface area contributed by atoms with E-state index in [4.69, 9.17) is 15.2 Å². The summed E-state index contributed by atoms with van der Waals surface area (Å²) in [5, 5.41) is 6.22. The number of sulfonamides is 1. The van der Waals surface area contributed by atoms with E-state index in [2.05, 4.69) is 24.9 Å². The molecule has 0 aliphatic heterocycles. The normalized spacial score (nSPS) is 12.0. The molecule has 2 heterocycles. The number of benzene rings is 2. The Morgan fingerprint density at radius 2 is 1.83 bits per heavy atom. The first-order valence-corrected chi connectivity index (χ1v) is 11.1. The molecule has 35 heavy (non-hydrogen) atoms. The first-order chi connectivity index (χ1) is 16.5. The highest BCUT2D eigenvalue weighted by Crippen LogP contribution is 2.31. The summed E-state index contributed by atoms with van der Waals surface area (Å²) in [6, 6.07) is 8.77. The van der Waals surface area contributed by atoms with Gasteiger partial charge in [0.1, 0.15) is 27.7 Å². The van der Waals surface area contributed by atoms with E-state index in [-0.39, 0.29) is 34.1 Å². The molecule has 4 N–H and O–H groups in total. The number of ether oxygens (including phenoxy) is 2. The monoisotopic (exact) mass is 512 g/mol. The Morgan fingerprint density at radius 3 is 2.49 bits per heavy atom. The number of hydrogen-bond acceptors (Lipinski definition) is 8. The average molecular weight is 512 g/mol. The molecule has 0 saturated heterocycles. The molecule has 0 amide bonds. The van der Waals surface area contributed by atoms with Gasteiger partial charge in [0.2, 0.25) is 5.88 Å². The quantitative estimate of drug-likeness (QED) is 0.319. The van der Waals surface area contributed by atoms with E-state index >= 15 is 0 Å². The molecule has 10 nitrogen and oxygen atoms in total. The van der Waals surface area contributed by atoms with Crippen LogP contribution in [0, 0.1) is 5.82 Å². The van der Waals surface area contributed by atoms with Gasteiger partial charge in [0.05, 0.1) is 7.11 Å². The molecule has 0 unspecified atom stereocenters. The van der Waals surface area contributed by atoms with E-state index in [0.29, 0.717) is 5.56 Å². The number of aromatic amines is 1. The Hall–Kier alpha value is -4.14. The number of nitrogens with one attached hydrogen (secondary N) is 2. The first-order valence-electron chi connectivity index (χ1n) is 9.65. The second-order valence-electron chi connectivity index (χ2n) is 7.07. The number of methoxy groups -OCH3 is 1. The van der Waals surface area contributed by atoms with E-state index < -0.39 is 39.4 Å². The molecule has 15 heteroatoms. The highest BCUT2D eigenvalue weighted by atomic mass is 32.2. The lowest BCUT2D eigenvalue weighted by Crippen LogP contribution is -2.20. The van der Waals surface area contributed by atoms with Crippen LogP contribution in [-0.4, -0.2) is 48.5 Å². The number of rotatable bonds is 7. The maximum Gasteiger partial charge on any atom is 0.422 e. The second-order valence-corrected chi connectivity index (χ2v) is 8.72. The van der Waals surface area contributed by atoms with Crippen LogP contribution < -0.4 is 19.9 Å². The van der Waals surface area contributed by atoms with Crippen molar-refractivity contribution in [2.24, 2.45) is 0 Å². The molecule has 0 spiro atoms. The van der Waals surface area contributed by atoms with Crippen molar-refractivity contribution in [1.29, 1.82) is 0 Å². The number of alkyl halides is 3. The first kappa shape index (κ1) is 24.0. The van der Waals surface area contributed by atoms with Crippen LogP contribution in [0.25, 0.3) is 22.4 Å². The number of aromatic nitrogens is 4. The Morgan fingerprint density at radius 1 is 1.11 bits per heavy atom. The molecule has 2 aromatic carbocycles. The second kappa shape index (κ2) is 8.90. The van der Waals surface area contributed by atoms with Crippen LogP contribution in [0.5, 0.6) is 11.6 Å². The molecule has 0 saturated carbocycles. The van der Waals surface area contributed by atoms with E-state index in [0.717, 1.165) is 12.1 Å². The van der Waals surface area contributed by atoms with Crippen molar-refractivity contribution in [1.82, 2.24) is 20.2 Å². The van der Waals surface area contributed by atoms with Crippen LogP contribution in [0.4, 0.5) is 29.1 Å². The fourth-order valence-corrected chi connectivity index (χ4v) is 4.16. The van der Waals surface area contributed by atoms with Crippen molar-refractivity contribution < 1.29 is 35.5 Å². The third kappa shape index (κ3) is 5.18. The minimum absolute atomic E-state index is 0.0114. The van der Waals surface area contributed by atoms with Gasteiger partial charge < -0.3 is 15.2 Å². The number of fused-ring (bicyclic) bond motifs is 1. The number of halogens is 4. The number of nitrogens with two attached hydrogens (primary N) is 1. The smallest absolute Gasteiger partial charge is 0.422 e. The summed E-state index contributed by atoms with van der Waals surface area (Å²) in [4.78, 5) is 7.56. The number of anilines is 2. The third-order valence-corrected chi connectivity index (χ3v) is 6.00. The summed E-state index contributed by atoms with van der Waals surface area (Å²) in [7, 11) is -2.99. The molecule has 0 bridgehead atoms. The molecule has 0 aliphatic rings. The number of nitrogens with zero attached hydrogens (tertiary/aromatic N) is 3.